The first-order valence-corrected chi connectivity index (χ1v) is 8.35. The number of fused-ring (bicyclic) bond motifs is 1. The molecule has 1 aromatic rings. The predicted octanol–water partition coefficient (Wildman–Crippen LogP) is 1.88. The number of carbonyl (C=O) groups is 1. The summed E-state index contributed by atoms with van der Waals surface area (Å²) < 4.78 is 0. The van der Waals surface area contributed by atoms with Gasteiger partial charge in [-0.15, -0.1) is 23.1 Å². The molecule has 2 unspecified atom stereocenters. The third kappa shape index (κ3) is 2.29. The van der Waals surface area contributed by atoms with E-state index in [-0.39, 0.29) is 17.2 Å². The zero-order valence-electron chi connectivity index (χ0n) is 9.80. The fourth-order valence-electron chi connectivity index (χ4n) is 2.36. The molecule has 1 N–H and O–H groups in total. The van der Waals surface area contributed by atoms with Crippen molar-refractivity contribution in [2.45, 2.75) is 24.1 Å². The normalized spacial score (nSPS) is 27.2. The number of thiophene rings is 1. The Hall–Kier alpha value is -0.590. The van der Waals surface area contributed by atoms with E-state index in [1.165, 1.54) is 4.88 Å². The molecule has 2 aliphatic rings. The maximum absolute atomic E-state index is 12.4. The van der Waals surface area contributed by atoms with Gasteiger partial charge in [0, 0.05) is 17.5 Å². The van der Waals surface area contributed by atoms with Crippen molar-refractivity contribution in [1.29, 1.82) is 0 Å². The minimum absolute atomic E-state index is 0.0695. The monoisotopic (exact) mass is 298 g/mol. The number of thiocarbonyl (C=S) groups is 1. The third-order valence-corrected chi connectivity index (χ3v) is 5.95. The Morgan fingerprint density at radius 1 is 1.56 bits per heavy atom. The van der Waals surface area contributed by atoms with E-state index in [1.807, 2.05) is 6.07 Å². The van der Waals surface area contributed by atoms with Crippen LogP contribution in [0.3, 0.4) is 0 Å². The van der Waals surface area contributed by atoms with Gasteiger partial charge in [0.2, 0.25) is 5.91 Å². The van der Waals surface area contributed by atoms with E-state index in [0.29, 0.717) is 11.7 Å². The zero-order valence-corrected chi connectivity index (χ0v) is 12.2. The van der Waals surface area contributed by atoms with Crippen LogP contribution < -0.4 is 5.32 Å². The van der Waals surface area contributed by atoms with Crippen molar-refractivity contribution in [3.8, 4) is 0 Å². The van der Waals surface area contributed by atoms with E-state index in [0.717, 1.165) is 18.6 Å². The third-order valence-electron chi connectivity index (χ3n) is 3.32. The summed E-state index contributed by atoms with van der Waals surface area (Å²) in [7, 11) is 0. The standard InChI is InChI=1S/C12H14N2OS3/c15-11-10-9(4-7-18-10)13-12(16)14(11)5-3-8-2-1-6-17-8/h1-2,6,9-10H,3-5,7H2,(H,13,16). The fraction of sp³-hybridized carbons (Fsp3) is 0.500. The molecule has 3 rings (SSSR count). The molecular formula is C12H14N2OS3. The van der Waals surface area contributed by atoms with Crippen LogP contribution in [-0.2, 0) is 11.2 Å². The summed E-state index contributed by atoms with van der Waals surface area (Å²) in [6.45, 7) is 0.689. The lowest BCUT2D eigenvalue weighted by Crippen LogP contribution is -2.60. The molecule has 3 nitrogen and oxygen atoms in total. The van der Waals surface area contributed by atoms with Crippen LogP contribution in [0, 0.1) is 0 Å². The number of hydrogen-bond acceptors (Lipinski definition) is 4. The number of amides is 1. The largest absolute Gasteiger partial charge is 0.358 e. The Bertz CT molecular complexity index is 460. The van der Waals surface area contributed by atoms with Crippen LogP contribution in [0.2, 0.25) is 0 Å². The Kier molecular flexibility index (Phi) is 3.59. The second-order valence-corrected chi connectivity index (χ2v) is 7.12. The van der Waals surface area contributed by atoms with Gasteiger partial charge in [-0.3, -0.25) is 9.69 Å². The predicted molar refractivity (Wildman–Crippen MR) is 80.1 cm³/mol. The van der Waals surface area contributed by atoms with Crippen molar-refractivity contribution in [1.82, 2.24) is 10.2 Å². The minimum Gasteiger partial charge on any atom is -0.358 e. The summed E-state index contributed by atoms with van der Waals surface area (Å²) in [6, 6.07) is 4.40. The molecule has 6 heteroatoms. The summed E-state index contributed by atoms with van der Waals surface area (Å²) in [5, 5.41) is 6.05. The second kappa shape index (κ2) is 5.19. The van der Waals surface area contributed by atoms with E-state index in [9.17, 15) is 4.79 Å². The first kappa shape index (κ1) is 12.4. The zero-order chi connectivity index (χ0) is 12.5. The Morgan fingerprint density at radius 3 is 3.22 bits per heavy atom. The van der Waals surface area contributed by atoms with Gasteiger partial charge in [0.05, 0.1) is 0 Å². The molecule has 2 saturated heterocycles. The lowest BCUT2D eigenvalue weighted by molar-refractivity contribution is -0.128. The van der Waals surface area contributed by atoms with Gasteiger partial charge in [0.1, 0.15) is 5.25 Å². The van der Waals surface area contributed by atoms with Crippen molar-refractivity contribution >= 4 is 46.3 Å². The minimum atomic E-state index is 0.0695. The lowest BCUT2D eigenvalue weighted by Gasteiger charge is -2.35. The highest BCUT2D eigenvalue weighted by Crippen LogP contribution is 2.31. The smallest absolute Gasteiger partial charge is 0.243 e. The first-order chi connectivity index (χ1) is 8.75. The van der Waals surface area contributed by atoms with E-state index in [1.54, 1.807) is 28.0 Å². The molecule has 0 aliphatic carbocycles. The molecule has 2 aliphatic heterocycles. The molecule has 18 heavy (non-hydrogen) atoms. The van der Waals surface area contributed by atoms with Crippen molar-refractivity contribution < 1.29 is 4.79 Å². The summed E-state index contributed by atoms with van der Waals surface area (Å²) in [5.74, 6) is 1.25. The quantitative estimate of drug-likeness (QED) is 0.864. The van der Waals surface area contributed by atoms with Gasteiger partial charge in [-0.05, 0) is 42.3 Å². The number of thioether (sulfide) groups is 1. The van der Waals surface area contributed by atoms with Crippen LogP contribution in [0.15, 0.2) is 17.5 Å². The molecule has 0 saturated carbocycles. The maximum Gasteiger partial charge on any atom is 0.243 e. The molecule has 0 spiro atoms. The average Bonchev–Trinajstić information content (AvgIpc) is 2.98. The van der Waals surface area contributed by atoms with Crippen LogP contribution in [0.1, 0.15) is 11.3 Å². The molecule has 3 heterocycles. The average molecular weight is 298 g/mol. The van der Waals surface area contributed by atoms with Gasteiger partial charge in [-0.25, -0.2) is 0 Å². The van der Waals surface area contributed by atoms with Gasteiger partial charge < -0.3 is 5.32 Å². The van der Waals surface area contributed by atoms with Gasteiger partial charge in [-0.1, -0.05) is 6.07 Å². The molecule has 0 bridgehead atoms. The van der Waals surface area contributed by atoms with Crippen LogP contribution in [-0.4, -0.2) is 39.5 Å². The number of nitrogens with one attached hydrogen (secondary N) is 1. The first-order valence-electron chi connectivity index (χ1n) is 6.01. The summed E-state index contributed by atoms with van der Waals surface area (Å²) in [4.78, 5) is 15.4. The SMILES string of the molecule is O=C1C2SCCC2NC(=S)N1CCc1cccs1. The number of hydrogen-bond donors (Lipinski definition) is 1. The Labute approximate surface area is 120 Å². The van der Waals surface area contributed by atoms with Gasteiger partial charge in [0.25, 0.3) is 0 Å². The molecule has 2 atom stereocenters. The van der Waals surface area contributed by atoms with E-state index in [4.69, 9.17) is 12.2 Å². The number of carbonyl (C=O) groups excluding carboxylic acids is 1. The van der Waals surface area contributed by atoms with Crippen LogP contribution in [0.4, 0.5) is 0 Å². The summed E-state index contributed by atoms with van der Waals surface area (Å²) >= 11 is 8.79. The summed E-state index contributed by atoms with van der Waals surface area (Å²) in [5.41, 5.74) is 0. The molecule has 1 amide bonds. The van der Waals surface area contributed by atoms with E-state index in [2.05, 4.69) is 16.8 Å². The van der Waals surface area contributed by atoms with E-state index < -0.39 is 0 Å². The lowest BCUT2D eigenvalue weighted by atomic mass is 10.1. The summed E-state index contributed by atoms with van der Waals surface area (Å²) in [6.07, 6.45) is 1.92. The Balaban J connectivity index is 1.67. The van der Waals surface area contributed by atoms with Gasteiger partial charge in [0.15, 0.2) is 5.11 Å². The number of nitrogens with zero attached hydrogens (tertiary/aromatic N) is 1. The van der Waals surface area contributed by atoms with Crippen molar-refractivity contribution in [3.05, 3.63) is 22.4 Å². The Morgan fingerprint density at radius 2 is 2.44 bits per heavy atom. The van der Waals surface area contributed by atoms with Crippen LogP contribution in [0.5, 0.6) is 0 Å². The van der Waals surface area contributed by atoms with Crippen molar-refractivity contribution in [3.63, 3.8) is 0 Å². The molecule has 1 aromatic heterocycles. The van der Waals surface area contributed by atoms with Crippen molar-refractivity contribution in [2.75, 3.05) is 12.3 Å². The van der Waals surface area contributed by atoms with Crippen molar-refractivity contribution in [2.24, 2.45) is 0 Å². The maximum atomic E-state index is 12.4. The topological polar surface area (TPSA) is 32.3 Å². The molecule has 0 aromatic carbocycles. The van der Waals surface area contributed by atoms with Crippen LogP contribution >= 0.6 is 35.3 Å². The highest BCUT2D eigenvalue weighted by molar-refractivity contribution is 8.01. The van der Waals surface area contributed by atoms with Gasteiger partial charge >= 0.3 is 0 Å². The highest BCUT2D eigenvalue weighted by atomic mass is 32.2. The molecule has 2 fully saturated rings. The fourth-order valence-corrected chi connectivity index (χ4v) is 4.74. The van der Waals surface area contributed by atoms with Crippen LogP contribution in [0.25, 0.3) is 0 Å². The number of rotatable bonds is 3. The van der Waals surface area contributed by atoms with Gasteiger partial charge in [-0.2, -0.15) is 0 Å². The highest BCUT2D eigenvalue weighted by Gasteiger charge is 2.42. The second-order valence-electron chi connectivity index (χ2n) is 4.46. The molecule has 96 valence electrons. The molecular weight excluding hydrogens is 284 g/mol. The molecule has 0 radical (unpaired) electrons. The van der Waals surface area contributed by atoms with E-state index >= 15 is 0 Å².